The number of nitrogens with one attached hydrogen (secondary N) is 1. The van der Waals surface area contributed by atoms with Crippen molar-refractivity contribution in [2.24, 2.45) is 0 Å². The van der Waals surface area contributed by atoms with Crippen LogP contribution in [0.1, 0.15) is 27.6 Å². The first-order chi connectivity index (χ1) is 16.1. The van der Waals surface area contributed by atoms with Gasteiger partial charge in [-0.2, -0.15) is 0 Å². The van der Waals surface area contributed by atoms with E-state index in [9.17, 15) is 15.0 Å². The first-order valence-electron chi connectivity index (χ1n) is 10.9. The van der Waals surface area contributed by atoms with Gasteiger partial charge in [0.15, 0.2) is 0 Å². The van der Waals surface area contributed by atoms with Gasteiger partial charge >= 0.3 is 5.97 Å². The molecule has 0 saturated heterocycles. The summed E-state index contributed by atoms with van der Waals surface area (Å²) < 4.78 is 0. The molecule has 0 aliphatic rings. The third-order valence-corrected chi connectivity index (χ3v) is 5.59. The second kappa shape index (κ2) is 10.7. The van der Waals surface area contributed by atoms with Crippen LogP contribution in [0.15, 0.2) is 97.2 Å². The smallest absolute Gasteiger partial charge is 0.336 e. The average molecular weight is 439 g/mol. The minimum absolute atomic E-state index is 0.234. The largest absolute Gasteiger partial charge is 0.478 e. The van der Waals surface area contributed by atoms with E-state index >= 15 is 0 Å². The molecule has 0 aliphatic heterocycles. The number of nitrogens with zero attached hydrogens (tertiary/aromatic N) is 1. The molecule has 1 aromatic heterocycles. The predicted octanol–water partition coefficient (Wildman–Crippen LogP) is 4.98. The van der Waals surface area contributed by atoms with Gasteiger partial charge in [0.2, 0.25) is 0 Å². The van der Waals surface area contributed by atoms with Crippen LogP contribution in [0.2, 0.25) is 0 Å². The number of carboxylic acids is 1. The molecule has 33 heavy (non-hydrogen) atoms. The summed E-state index contributed by atoms with van der Waals surface area (Å²) in [7, 11) is 0. The lowest BCUT2D eigenvalue weighted by Gasteiger charge is -2.12. The van der Waals surface area contributed by atoms with E-state index in [2.05, 4.69) is 22.4 Å². The Morgan fingerprint density at radius 3 is 2.30 bits per heavy atom. The highest BCUT2D eigenvalue weighted by molar-refractivity contribution is 5.96. The molecule has 0 fully saturated rings. The number of aromatic nitrogens is 1. The van der Waals surface area contributed by atoms with E-state index in [1.807, 2.05) is 72.8 Å². The maximum Gasteiger partial charge on any atom is 0.336 e. The lowest BCUT2D eigenvalue weighted by atomic mass is 9.96. The minimum atomic E-state index is -0.970. The van der Waals surface area contributed by atoms with Crippen LogP contribution >= 0.6 is 0 Å². The van der Waals surface area contributed by atoms with E-state index in [1.165, 1.54) is 5.56 Å². The van der Waals surface area contributed by atoms with Crippen molar-refractivity contribution in [1.82, 2.24) is 10.3 Å². The molecule has 1 heterocycles. The second-order valence-corrected chi connectivity index (χ2v) is 7.86. The van der Waals surface area contributed by atoms with Crippen LogP contribution in [0.5, 0.6) is 0 Å². The van der Waals surface area contributed by atoms with Crippen LogP contribution < -0.4 is 5.32 Å². The highest BCUT2D eigenvalue weighted by Crippen LogP contribution is 2.29. The Kier molecular flexibility index (Phi) is 7.25. The number of carboxylic acid groups (broad SMARTS) is 1. The van der Waals surface area contributed by atoms with Crippen molar-refractivity contribution in [3.63, 3.8) is 0 Å². The van der Waals surface area contributed by atoms with E-state index in [0.717, 1.165) is 29.7 Å². The quantitative estimate of drug-likeness (QED) is 0.321. The molecule has 0 saturated carbocycles. The Hall–Kier alpha value is -3.80. The monoisotopic (exact) mass is 438 g/mol. The molecule has 0 amide bonds. The molecular formula is C28H26N2O3. The highest BCUT2D eigenvalue weighted by atomic mass is 16.4. The number of hydrogen-bond acceptors (Lipinski definition) is 4. The summed E-state index contributed by atoms with van der Waals surface area (Å²) in [5.74, 6) is -0.970. The molecule has 0 spiro atoms. The van der Waals surface area contributed by atoms with E-state index in [1.54, 1.807) is 12.3 Å². The normalized spacial score (nSPS) is 11.8. The zero-order chi connectivity index (χ0) is 23.0. The zero-order valence-corrected chi connectivity index (χ0v) is 18.2. The van der Waals surface area contributed by atoms with Crippen LogP contribution in [0, 0.1) is 0 Å². The number of rotatable bonds is 9. The third-order valence-electron chi connectivity index (χ3n) is 5.59. The molecular weight excluding hydrogens is 412 g/mol. The summed E-state index contributed by atoms with van der Waals surface area (Å²) in [5, 5.41) is 23.1. The van der Waals surface area contributed by atoms with Gasteiger partial charge < -0.3 is 15.5 Å². The van der Waals surface area contributed by atoms with E-state index in [0.29, 0.717) is 17.8 Å². The molecule has 166 valence electrons. The van der Waals surface area contributed by atoms with Gasteiger partial charge in [0.25, 0.3) is 0 Å². The maximum absolute atomic E-state index is 11.7. The number of aliphatic hydroxyl groups is 1. The fourth-order valence-corrected chi connectivity index (χ4v) is 3.77. The zero-order valence-electron chi connectivity index (χ0n) is 18.2. The fraction of sp³-hybridized carbons (Fsp3) is 0.143. The van der Waals surface area contributed by atoms with Crippen molar-refractivity contribution in [2.75, 3.05) is 13.1 Å². The highest BCUT2D eigenvalue weighted by Gasteiger charge is 2.14. The van der Waals surface area contributed by atoms with E-state index in [4.69, 9.17) is 0 Å². The van der Waals surface area contributed by atoms with Gasteiger partial charge in [-0.25, -0.2) is 4.79 Å². The van der Waals surface area contributed by atoms with Gasteiger partial charge in [0.05, 0.1) is 17.4 Å². The van der Waals surface area contributed by atoms with Gasteiger partial charge in [-0.3, -0.25) is 4.98 Å². The molecule has 0 bridgehead atoms. The minimum Gasteiger partial charge on any atom is -0.478 e. The lowest BCUT2D eigenvalue weighted by Crippen LogP contribution is -2.23. The van der Waals surface area contributed by atoms with Crippen LogP contribution in [0.4, 0.5) is 0 Å². The van der Waals surface area contributed by atoms with Crippen molar-refractivity contribution in [1.29, 1.82) is 0 Å². The summed E-state index contributed by atoms with van der Waals surface area (Å²) >= 11 is 0. The van der Waals surface area contributed by atoms with Gasteiger partial charge in [0.1, 0.15) is 0 Å². The number of hydrogen-bond donors (Lipinski definition) is 3. The van der Waals surface area contributed by atoms with Crippen molar-refractivity contribution >= 4 is 5.97 Å². The van der Waals surface area contributed by atoms with Crippen LogP contribution in [-0.4, -0.2) is 34.3 Å². The van der Waals surface area contributed by atoms with Crippen molar-refractivity contribution in [2.45, 2.75) is 12.5 Å². The Balaban J connectivity index is 1.40. The first-order valence-corrected chi connectivity index (χ1v) is 10.9. The third kappa shape index (κ3) is 5.71. The Labute approximate surface area is 193 Å². The van der Waals surface area contributed by atoms with Crippen molar-refractivity contribution < 1.29 is 15.0 Å². The number of benzene rings is 3. The van der Waals surface area contributed by atoms with Crippen molar-refractivity contribution in [3.8, 4) is 22.4 Å². The molecule has 0 radical (unpaired) electrons. The van der Waals surface area contributed by atoms with Gasteiger partial charge in [0, 0.05) is 18.3 Å². The Morgan fingerprint density at radius 2 is 1.61 bits per heavy atom. The second-order valence-electron chi connectivity index (χ2n) is 7.86. The summed E-state index contributed by atoms with van der Waals surface area (Å²) in [4.78, 5) is 16.0. The summed E-state index contributed by atoms with van der Waals surface area (Å²) in [6.45, 7) is 1.27. The number of aromatic carboxylic acids is 1. The predicted molar refractivity (Wildman–Crippen MR) is 130 cm³/mol. The number of carbonyl (C=O) groups is 1. The molecule has 0 unspecified atom stereocenters. The molecule has 1 atom stereocenters. The molecule has 5 nitrogen and oxygen atoms in total. The molecule has 0 aliphatic carbocycles. The summed E-state index contributed by atoms with van der Waals surface area (Å²) in [6.07, 6.45) is 1.99. The number of pyridine rings is 1. The summed E-state index contributed by atoms with van der Waals surface area (Å²) in [5.41, 5.74) is 5.53. The van der Waals surface area contributed by atoms with Gasteiger partial charge in [-0.15, -0.1) is 0 Å². The Bertz CT molecular complexity index is 1190. The maximum atomic E-state index is 11.7. The number of aliphatic hydroxyl groups excluding tert-OH is 1. The van der Waals surface area contributed by atoms with Crippen molar-refractivity contribution in [3.05, 3.63) is 114 Å². The summed E-state index contributed by atoms with van der Waals surface area (Å²) in [6, 6.07) is 28.7. The van der Waals surface area contributed by atoms with Gasteiger partial charge in [-0.05, 0) is 59.5 Å². The van der Waals surface area contributed by atoms with Crippen LogP contribution in [0.3, 0.4) is 0 Å². The standard InChI is InChI=1S/C28H26N2O3/c31-27(22-6-2-1-3-7-22)19-29-17-15-20-9-11-21(12-10-20)23-13-14-24(28(32)33)25(18-23)26-8-4-5-16-30-26/h1-14,16,18,27,29,31H,15,17,19H2,(H,32,33)/t27-/m0/s1. The topological polar surface area (TPSA) is 82.5 Å². The van der Waals surface area contributed by atoms with E-state index < -0.39 is 12.1 Å². The molecule has 3 aromatic carbocycles. The molecule has 3 N–H and O–H groups in total. The van der Waals surface area contributed by atoms with Gasteiger partial charge in [-0.1, -0.05) is 66.7 Å². The van der Waals surface area contributed by atoms with Crippen LogP contribution in [0.25, 0.3) is 22.4 Å². The fourth-order valence-electron chi connectivity index (χ4n) is 3.77. The SMILES string of the molecule is O=C(O)c1ccc(-c2ccc(CCNC[C@H](O)c3ccccc3)cc2)cc1-c1ccccn1. The lowest BCUT2D eigenvalue weighted by molar-refractivity contribution is 0.0697. The Morgan fingerprint density at radius 1 is 0.879 bits per heavy atom. The molecule has 4 rings (SSSR count). The average Bonchev–Trinajstić information content (AvgIpc) is 2.87. The van der Waals surface area contributed by atoms with Crippen LogP contribution in [-0.2, 0) is 6.42 Å². The first kappa shape index (κ1) is 22.4. The molecule has 4 aromatic rings. The molecule has 5 heteroatoms. The van der Waals surface area contributed by atoms with E-state index in [-0.39, 0.29) is 5.56 Å².